The molecule has 4 rings (SSSR count). The van der Waals surface area contributed by atoms with Gasteiger partial charge in [-0.15, -0.1) is 10.2 Å². The fourth-order valence-corrected chi connectivity index (χ4v) is 2.77. The summed E-state index contributed by atoms with van der Waals surface area (Å²) >= 11 is 5.98. The van der Waals surface area contributed by atoms with Crippen molar-refractivity contribution >= 4 is 17.6 Å². The van der Waals surface area contributed by atoms with Crippen molar-refractivity contribution in [3.05, 3.63) is 53.1 Å². The molecule has 7 nitrogen and oxygen atoms in total. The molecular weight excluding hydrogens is 348 g/mol. The average molecular weight is 361 g/mol. The van der Waals surface area contributed by atoms with Crippen LogP contribution in [0, 0.1) is 5.92 Å². The van der Waals surface area contributed by atoms with E-state index < -0.39 is 5.92 Å². The summed E-state index contributed by atoms with van der Waals surface area (Å²) in [4.78, 5) is 12.3. The summed E-state index contributed by atoms with van der Waals surface area (Å²) in [6.45, 7) is 0.153. The predicted molar refractivity (Wildman–Crippen MR) is 85.9 cm³/mol. The summed E-state index contributed by atoms with van der Waals surface area (Å²) < 4.78 is 21.4. The zero-order chi connectivity index (χ0) is 17.2. The normalized spacial score (nSPS) is 16.1. The Hall–Kier alpha value is -2.80. The van der Waals surface area contributed by atoms with E-state index in [-0.39, 0.29) is 31.0 Å². The highest BCUT2D eigenvalue weighted by molar-refractivity contribution is 6.30. The Kier molecular flexibility index (Phi) is 4.15. The maximum absolute atomic E-state index is 12.3. The van der Waals surface area contributed by atoms with Crippen LogP contribution in [0.3, 0.4) is 0 Å². The number of aromatic nitrogens is 2. The molecule has 2 aromatic heterocycles. The molecule has 0 N–H and O–H groups in total. The first-order valence-electron chi connectivity index (χ1n) is 7.63. The zero-order valence-electron chi connectivity index (χ0n) is 13.0. The summed E-state index contributed by atoms with van der Waals surface area (Å²) in [6, 6.07) is 8.76. The van der Waals surface area contributed by atoms with Gasteiger partial charge in [-0.25, -0.2) is 0 Å². The second-order valence-corrected chi connectivity index (χ2v) is 5.99. The molecule has 25 heavy (non-hydrogen) atoms. The van der Waals surface area contributed by atoms with E-state index in [9.17, 15) is 4.79 Å². The lowest BCUT2D eigenvalue weighted by Gasteiger charge is -2.23. The van der Waals surface area contributed by atoms with Crippen LogP contribution in [0.5, 0.6) is 5.75 Å². The van der Waals surface area contributed by atoms with Gasteiger partial charge in [-0.1, -0.05) is 11.6 Å². The van der Waals surface area contributed by atoms with E-state index >= 15 is 0 Å². The number of ether oxygens (including phenoxy) is 2. The number of carbonyl (C=O) groups is 1. The van der Waals surface area contributed by atoms with Crippen molar-refractivity contribution in [2.24, 2.45) is 5.92 Å². The van der Waals surface area contributed by atoms with Gasteiger partial charge in [-0.05, 0) is 42.3 Å². The molecule has 0 bridgehead atoms. The first kappa shape index (κ1) is 15.7. The molecule has 0 radical (unpaired) electrons. The van der Waals surface area contributed by atoms with Crippen LogP contribution in [0.4, 0.5) is 0 Å². The van der Waals surface area contributed by atoms with E-state index in [0.717, 1.165) is 11.3 Å². The molecule has 1 atom stereocenters. The first-order chi connectivity index (χ1) is 12.2. The number of carbonyl (C=O) groups excluding carboxylic acids is 1. The molecule has 0 aliphatic carbocycles. The number of rotatable bonds is 4. The molecule has 3 heterocycles. The van der Waals surface area contributed by atoms with Crippen molar-refractivity contribution in [2.75, 3.05) is 6.61 Å². The Morgan fingerprint density at radius 1 is 1.32 bits per heavy atom. The minimum Gasteiger partial charge on any atom is -0.492 e. The van der Waals surface area contributed by atoms with Crippen molar-refractivity contribution < 1.29 is 23.1 Å². The number of furan rings is 1. The van der Waals surface area contributed by atoms with Crippen molar-refractivity contribution in [2.45, 2.75) is 13.0 Å². The topological polar surface area (TPSA) is 87.6 Å². The molecule has 0 fully saturated rings. The third-order valence-electron chi connectivity index (χ3n) is 3.80. The molecule has 0 amide bonds. The number of esters is 1. The van der Waals surface area contributed by atoms with Crippen LogP contribution in [0.25, 0.3) is 11.7 Å². The molecule has 3 aromatic rings. The van der Waals surface area contributed by atoms with Gasteiger partial charge in [0.15, 0.2) is 12.4 Å². The second kappa shape index (κ2) is 6.60. The van der Waals surface area contributed by atoms with Crippen molar-refractivity contribution in [1.29, 1.82) is 0 Å². The maximum Gasteiger partial charge on any atom is 0.313 e. The molecule has 128 valence electrons. The van der Waals surface area contributed by atoms with Gasteiger partial charge in [0.25, 0.3) is 11.8 Å². The smallest absolute Gasteiger partial charge is 0.313 e. The van der Waals surface area contributed by atoms with Gasteiger partial charge in [0.05, 0.1) is 12.2 Å². The van der Waals surface area contributed by atoms with Crippen LogP contribution < -0.4 is 4.74 Å². The summed E-state index contributed by atoms with van der Waals surface area (Å²) in [5.74, 6) is 0.843. The van der Waals surface area contributed by atoms with E-state index in [1.807, 2.05) is 0 Å². The third kappa shape index (κ3) is 3.36. The second-order valence-electron chi connectivity index (χ2n) is 5.55. The van der Waals surface area contributed by atoms with E-state index in [1.54, 1.807) is 30.3 Å². The zero-order valence-corrected chi connectivity index (χ0v) is 13.7. The highest BCUT2D eigenvalue weighted by Crippen LogP contribution is 2.30. The van der Waals surface area contributed by atoms with E-state index in [0.29, 0.717) is 17.2 Å². The van der Waals surface area contributed by atoms with E-state index in [1.165, 1.54) is 6.26 Å². The summed E-state index contributed by atoms with van der Waals surface area (Å²) in [6.07, 6.45) is 2.02. The Morgan fingerprint density at radius 3 is 3.08 bits per heavy atom. The van der Waals surface area contributed by atoms with Gasteiger partial charge < -0.3 is 18.3 Å². The Bertz CT molecular complexity index is 890. The molecule has 0 saturated heterocycles. The largest absolute Gasteiger partial charge is 0.492 e. The SMILES string of the molecule is O=C(OCc1nnc(-c2ccco2)o1)[C@H]1COc2ccc(Cl)cc2C1. The Labute approximate surface area is 147 Å². The average Bonchev–Trinajstić information content (AvgIpc) is 3.30. The number of benzene rings is 1. The van der Waals surface area contributed by atoms with Gasteiger partial charge in [0.2, 0.25) is 0 Å². The quantitative estimate of drug-likeness (QED) is 0.660. The van der Waals surface area contributed by atoms with Gasteiger partial charge in [0, 0.05) is 5.02 Å². The standard InChI is InChI=1S/C17H13ClN2O5/c18-12-3-4-13-10(7-12)6-11(8-23-13)17(21)24-9-15-19-20-16(25-15)14-2-1-5-22-14/h1-5,7,11H,6,8-9H2/t11-/m1/s1. The molecule has 1 aromatic carbocycles. The highest BCUT2D eigenvalue weighted by Gasteiger charge is 2.28. The molecule has 1 aliphatic rings. The third-order valence-corrected chi connectivity index (χ3v) is 4.03. The number of halogens is 1. The minimum absolute atomic E-state index is 0.106. The fraction of sp³-hybridized carbons (Fsp3) is 0.235. The van der Waals surface area contributed by atoms with Crippen molar-refractivity contribution in [1.82, 2.24) is 10.2 Å². The maximum atomic E-state index is 12.3. The minimum atomic E-state index is -0.404. The number of hydrogen-bond acceptors (Lipinski definition) is 7. The lowest BCUT2D eigenvalue weighted by Crippen LogP contribution is -2.29. The molecule has 0 saturated carbocycles. The monoisotopic (exact) mass is 360 g/mol. The lowest BCUT2D eigenvalue weighted by atomic mass is 9.97. The lowest BCUT2D eigenvalue weighted by molar-refractivity contribution is -0.152. The van der Waals surface area contributed by atoms with Crippen LogP contribution in [-0.2, 0) is 22.6 Å². The summed E-state index contributed by atoms with van der Waals surface area (Å²) in [5, 5.41) is 8.29. The summed E-state index contributed by atoms with van der Waals surface area (Å²) in [5.41, 5.74) is 0.888. The van der Waals surface area contributed by atoms with Gasteiger partial charge in [-0.3, -0.25) is 4.79 Å². The molecule has 0 unspecified atom stereocenters. The van der Waals surface area contributed by atoms with E-state index in [4.69, 9.17) is 29.9 Å². The molecule has 1 aliphatic heterocycles. The van der Waals surface area contributed by atoms with Crippen LogP contribution in [0.15, 0.2) is 45.4 Å². The molecule has 0 spiro atoms. The van der Waals surface area contributed by atoms with Crippen LogP contribution in [-0.4, -0.2) is 22.8 Å². The fourth-order valence-electron chi connectivity index (χ4n) is 2.58. The van der Waals surface area contributed by atoms with Crippen molar-refractivity contribution in [3.8, 4) is 17.4 Å². The molecular formula is C17H13ClN2O5. The number of fused-ring (bicyclic) bond motifs is 1. The predicted octanol–water partition coefficient (Wildman–Crippen LogP) is 3.28. The number of nitrogens with zero attached hydrogens (tertiary/aromatic N) is 2. The van der Waals surface area contributed by atoms with Gasteiger partial charge in [-0.2, -0.15) is 0 Å². The molecule has 8 heteroatoms. The van der Waals surface area contributed by atoms with Gasteiger partial charge >= 0.3 is 5.97 Å². The van der Waals surface area contributed by atoms with Crippen LogP contribution in [0.1, 0.15) is 11.5 Å². The Morgan fingerprint density at radius 2 is 2.24 bits per heavy atom. The van der Waals surface area contributed by atoms with Crippen LogP contribution in [0.2, 0.25) is 5.02 Å². The summed E-state index contributed by atoms with van der Waals surface area (Å²) in [7, 11) is 0. The van der Waals surface area contributed by atoms with E-state index in [2.05, 4.69) is 10.2 Å². The first-order valence-corrected chi connectivity index (χ1v) is 8.01. The number of hydrogen-bond donors (Lipinski definition) is 0. The Balaban J connectivity index is 1.37. The van der Waals surface area contributed by atoms with Crippen LogP contribution >= 0.6 is 11.6 Å². The highest BCUT2D eigenvalue weighted by atomic mass is 35.5. The van der Waals surface area contributed by atoms with Gasteiger partial charge in [0.1, 0.15) is 12.4 Å². The van der Waals surface area contributed by atoms with Crippen molar-refractivity contribution in [3.63, 3.8) is 0 Å².